The molecule has 16 heavy (non-hydrogen) atoms. The molecule has 0 saturated heterocycles. The summed E-state index contributed by atoms with van der Waals surface area (Å²) in [5.74, 6) is 1.41. The number of nitrogen functional groups attached to an aromatic ring is 1. The van der Waals surface area contributed by atoms with Crippen molar-refractivity contribution in [1.29, 1.82) is 0 Å². The van der Waals surface area contributed by atoms with Gasteiger partial charge in [0.1, 0.15) is 16.5 Å². The Bertz CT molecular complexity index is 476. The second-order valence-electron chi connectivity index (χ2n) is 3.63. The Balaban J connectivity index is 2.30. The number of rotatable bonds is 4. The summed E-state index contributed by atoms with van der Waals surface area (Å²) in [5.41, 5.74) is 5.90. The van der Waals surface area contributed by atoms with Crippen LogP contribution in [-0.2, 0) is 6.54 Å². The van der Waals surface area contributed by atoms with Gasteiger partial charge in [0.25, 0.3) is 0 Å². The molecule has 0 fully saturated rings. The summed E-state index contributed by atoms with van der Waals surface area (Å²) in [4.78, 5) is 12.1. The molecule has 0 atom stereocenters. The normalized spacial score (nSPS) is 11.4. The van der Waals surface area contributed by atoms with Crippen LogP contribution in [0.2, 0.25) is 0 Å². The molecule has 2 N–H and O–H groups in total. The van der Waals surface area contributed by atoms with Gasteiger partial charge < -0.3 is 5.73 Å². The van der Waals surface area contributed by atoms with Crippen molar-refractivity contribution in [3.8, 4) is 0 Å². The van der Waals surface area contributed by atoms with E-state index in [-0.39, 0.29) is 0 Å². The number of hydrogen-bond donors (Lipinski definition) is 1. The Labute approximate surface area is 99.1 Å². The molecule has 0 unspecified atom stereocenters. The van der Waals surface area contributed by atoms with Crippen molar-refractivity contribution in [2.45, 2.75) is 20.4 Å². The first-order chi connectivity index (χ1) is 7.74. The minimum atomic E-state index is 0.591. The highest BCUT2D eigenvalue weighted by Gasteiger charge is 2.08. The van der Waals surface area contributed by atoms with Gasteiger partial charge in [-0.3, -0.25) is 4.90 Å². The third-order valence-corrected chi connectivity index (χ3v) is 3.47. The van der Waals surface area contributed by atoms with Crippen LogP contribution < -0.4 is 5.73 Å². The van der Waals surface area contributed by atoms with E-state index in [9.17, 15) is 0 Å². The monoisotopic (exact) mass is 236 g/mol. The Kier molecular flexibility index (Phi) is 3.36. The quantitative estimate of drug-likeness (QED) is 0.883. The number of aromatic nitrogens is 2. The molecule has 4 nitrogen and oxygen atoms in total. The third kappa shape index (κ3) is 2.15. The lowest BCUT2D eigenvalue weighted by Crippen LogP contribution is -2.23. The zero-order chi connectivity index (χ0) is 11.5. The van der Waals surface area contributed by atoms with Crippen LogP contribution in [0, 0.1) is 0 Å². The summed E-state index contributed by atoms with van der Waals surface area (Å²) in [6, 6.07) is 1.97. The highest BCUT2D eigenvalue weighted by Crippen LogP contribution is 2.23. The van der Waals surface area contributed by atoms with Gasteiger partial charge in [0, 0.05) is 0 Å². The minimum Gasteiger partial charge on any atom is -0.383 e. The smallest absolute Gasteiger partial charge is 0.146 e. The topological polar surface area (TPSA) is 55.0 Å². The maximum absolute atomic E-state index is 5.90. The lowest BCUT2D eigenvalue weighted by molar-refractivity contribution is 0.289. The van der Waals surface area contributed by atoms with Crippen molar-refractivity contribution < 1.29 is 0 Å². The van der Waals surface area contributed by atoms with Gasteiger partial charge in [-0.05, 0) is 24.5 Å². The zero-order valence-electron chi connectivity index (χ0n) is 9.60. The van der Waals surface area contributed by atoms with Gasteiger partial charge in [-0.1, -0.05) is 13.8 Å². The highest BCUT2D eigenvalue weighted by molar-refractivity contribution is 7.16. The summed E-state index contributed by atoms with van der Waals surface area (Å²) in [6.07, 6.45) is 0. The number of nitrogens with zero attached hydrogens (tertiary/aromatic N) is 3. The Morgan fingerprint density at radius 1 is 1.31 bits per heavy atom. The van der Waals surface area contributed by atoms with E-state index in [4.69, 9.17) is 5.73 Å². The van der Waals surface area contributed by atoms with Crippen molar-refractivity contribution >= 4 is 27.4 Å². The Morgan fingerprint density at radius 2 is 2.06 bits per heavy atom. The molecule has 0 spiro atoms. The lowest BCUT2D eigenvalue weighted by Gasteiger charge is -2.16. The van der Waals surface area contributed by atoms with Gasteiger partial charge in [-0.2, -0.15) is 0 Å². The van der Waals surface area contributed by atoms with E-state index in [1.54, 1.807) is 11.3 Å². The van der Waals surface area contributed by atoms with Crippen molar-refractivity contribution in [3.05, 3.63) is 17.3 Å². The fourth-order valence-electron chi connectivity index (χ4n) is 1.64. The number of thiophene rings is 1. The van der Waals surface area contributed by atoms with Gasteiger partial charge in [-0.25, -0.2) is 9.97 Å². The number of nitrogens with two attached hydrogens (primary N) is 1. The summed E-state index contributed by atoms with van der Waals surface area (Å²) in [5, 5.41) is 2.96. The highest BCUT2D eigenvalue weighted by atomic mass is 32.1. The average molecular weight is 236 g/mol. The predicted octanol–water partition coefficient (Wildman–Crippen LogP) is 2.12. The van der Waals surface area contributed by atoms with Crippen molar-refractivity contribution in [3.63, 3.8) is 0 Å². The van der Waals surface area contributed by atoms with Crippen LogP contribution in [0.4, 0.5) is 5.82 Å². The molecule has 0 radical (unpaired) electrons. The number of anilines is 1. The molecular formula is C11H16N4S. The third-order valence-electron chi connectivity index (χ3n) is 2.66. The molecule has 0 amide bonds. The lowest BCUT2D eigenvalue weighted by atomic mass is 10.3. The van der Waals surface area contributed by atoms with Crippen LogP contribution in [-0.4, -0.2) is 28.0 Å². The standard InChI is InChI=1S/C11H16N4S/c1-3-15(4-2)7-9-13-10(12)8-5-6-16-11(8)14-9/h5-6H,3-4,7H2,1-2H3,(H2,12,13,14). The SMILES string of the molecule is CCN(CC)Cc1nc(N)c2ccsc2n1. The second-order valence-corrected chi connectivity index (χ2v) is 4.52. The maximum Gasteiger partial charge on any atom is 0.146 e. The molecule has 0 aliphatic rings. The second kappa shape index (κ2) is 4.76. The first-order valence-electron chi connectivity index (χ1n) is 5.46. The summed E-state index contributed by atoms with van der Waals surface area (Å²) >= 11 is 1.61. The Morgan fingerprint density at radius 3 is 2.75 bits per heavy atom. The van der Waals surface area contributed by atoms with Crippen LogP contribution in [0.3, 0.4) is 0 Å². The van der Waals surface area contributed by atoms with E-state index in [1.807, 2.05) is 11.4 Å². The largest absolute Gasteiger partial charge is 0.383 e. The molecule has 0 saturated carbocycles. The molecule has 0 aliphatic heterocycles. The molecule has 86 valence electrons. The molecule has 2 aromatic heterocycles. The molecule has 0 bridgehead atoms. The van der Waals surface area contributed by atoms with E-state index in [0.29, 0.717) is 5.82 Å². The first-order valence-corrected chi connectivity index (χ1v) is 6.34. The first kappa shape index (κ1) is 11.3. The zero-order valence-corrected chi connectivity index (χ0v) is 10.4. The molecule has 2 aromatic rings. The van der Waals surface area contributed by atoms with Crippen LogP contribution in [0.5, 0.6) is 0 Å². The fraction of sp³-hybridized carbons (Fsp3) is 0.455. The van der Waals surface area contributed by atoms with Crippen molar-refractivity contribution in [2.75, 3.05) is 18.8 Å². The van der Waals surface area contributed by atoms with E-state index in [1.165, 1.54) is 0 Å². The summed E-state index contributed by atoms with van der Waals surface area (Å²) in [6.45, 7) is 7.04. The van der Waals surface area contributed by atoms with E-state index < -0.39 is 0 Å². The number of fused-ring (bicyclic) bond motifs is 1. The van der Waals surface area contributed by atoms with Crippen LogP contribution in [0.25, 0.3) is 10.2 Å². The van der Waals surface area contributed by atoms with Crippen LogP contribution >= 0.6 is 11.3 Å². The number of hydrogen-bond acceptors (Lipinski definition) is 5. The summed E-state index contributed by atoms with van der Waals surface area (Å²) in [7, 11) is 0. The molecular weight excluding hydrogens is 220 g/mol. The minimum absolute atomic E-state index is 0.591. The fourth-order valence-corrected chi connectivity index (χ4v) is 2.43. The summed E-state index contributed by atoms with van der Waals surface area (Å²) < 4.78 is 0. The van der Waals surface area contributed by atoms with Crippen LogP contribution in [0.15, 0.2) is 11.4 Å². The molecule has 0 aromatic carbocycles. The van der Waals surface area contributed by atoms with Gasteiger partial charge in [0.2, 0.25) is 0 Å². The maximum atomic E-state index is 5.90. The van der Waals surface area contributed by atoms with Gasteiger partial charge >= 0.3 is 0 Å². The van der Waals surface area contributed by atoms with E-state index >= 15 is 0 Å². The van der Waals surface area contributed by atoms with Gasteiger partial charge in [0.15, 0.2) is 0 Å². The van der Waals surface area contributed by atoms with Gasteiger partial charge in [0.05, 0.1) is 11.9 Å². The molecule has 2 heterocycles. The van der Waals surface area contributed by atoms with E-state index in [0.717, 1.165) is 35.7 Å². The van der Waals surface area contributed by atoms with Gasteiger partial charge in [-0.15, -0.1) is 11.3 Å². The predicted molar refractivity (Wildman–Crippen MR) is 68.5 cm³/mol. The van der Waals surface area contributed by atoms with E-state index in [2.05, 4.69) is 28.7 Å². The molecule has 5 heteroatoms. The Hall–Kier alpha value is -1.20. The molecule has 0 aliphatic carbocycles. The molecule has 2 rings (SSSR count). The average Bonchev–Trinajstić information content (AvgIpc) is 2.74. The van der Waals surface area contributed by atoms with Crippen LogP contribution in [0.1, 0.15) is 19.7 Å². The van der Waals surface area contributed by atoms with Crippen molar-refractivity contribution in [2.24, 2.45) is 0 Å². The van der Waals surface area contributed by atoms with Crippen molar-refractivity contribution in [1.82, 2.24) is 14.9 Å².